The van der Waals surface area contributed by atoms with E-state index in [2.05, 4.69) is 4.98 Å². The molecule has 2 nitrogen and oxygen atoms in total. The van der Waals surface area contributed by atoms with Gasteiger partial charge < -0.3 is 4.74 Å². The summed E-state index contributed by atoms with van der Waals surface area (Å²) in [6, 6.07) is 11.6. The number of rotatable bonds is 2. The van der Waals surface area contributed by atoms with Gasteiger partial charge in [-0.3, -0.25) is 4.98 Å². The van der Waals surface area contributed by atoms with Crippen LogP contribution in [0.3, 0.4) is 0 Å². The monoisotopic (exact) mass is 185 g/mol. The van der Waals surface area contributed by atoms with E-state index in [1.54, 1.807) is 12.4 Å². The van der Waals surface area contributed by atoms with E-state index in [-0.39, 0.29) is 0 Å². The van der Waals surface area contributed by atoms with Crippen LogP contribution in [0, 0.1) is 6.92 Å². The van der Waals surface area contributed by atoms with Crippen LogP contribution in [0.5, 0.6) is 11.5 Å². The zero-order valence-corrected chi connectivity index (χ0v) is 7.97. The van der Waals surface area contributed by atoms with Crippen LogP contribution >= 0.6 is 0 Å². The predicted molar refractivity (Wildman–Crippen MR) is 55.5 cm³/mol. The Morgan fingerprint density at radius 2 is 1.71 bits per heavy atom. The zero-order valence-electron chi connectivity index (χ0n) is 7.97. The molecule has 0 radical (unpaired) electrons. The van der Waals surface area contributed by atoms with Gasteiger partial charge in [-0.25, -0.2) is 0 Å². The molecule has 2 aromatic rings. The third kappa shape index (κ3) is 1.91. The summed E-state index contributed by atoms with van der Waals surface area (Å²) in [5.74, 6) is 1.70. The highest BCUT2D eigenvalue weighted by Gasteiger charge is 1.98. The lowest BCUT2D eigenvalue weighted by atomic mass is 10.2. The van der Waals surface area contributed by atoms with Crippen molar-refractivity contribution in [3.05, 3.63) is 54.4 Å². The molecular formula is C12H11NO. The Hall–Kier alpha value is -1.83. The molecule has 1 heterocycles. The van der Waals surface area contributed by atoms with Gasteiger partial charge in [0.15, 0.2) is 0 Å². The van der Waals surface area contributed by atoms with Crippen LogP contribution in [0.15, 0.2) is 48.8 Å². The first-order valence-electron chi connectivity index (χ1n) is 4.50. The van der Waals surface area contributed by atoms with Gasteiger partial charge in [0.05, 0.1) is 0 Å². The van der Waals surface area contributed by atoms with Gasteiger partial charge in [-0.05, 0) is 30.7 Å². The van der Waals surface area contributed by atoms with Gasteiger partial charge in [-0.2, -0.15) is 0 Å². The molecule has 0 fully saturated rings. The van der Waals surface area contributed by atoms with E-state index in [1.165, 1.54) is 0 Å². The molecule has 1 aromatic heterocycles. The second kappa shape index (κ2) is 3.92. The standard InChI is InChI=1S/C12H11NO/c1-10-4-2-3-5-12(10)14-11-6-8-13-9-7-11/h2-9H,1H3. The van der Waals surface area contributed by atoms with Gasteiger partial charge >= 0.3 is 0 Å². The molecule has 0 bridgehead atoms. The molecule has 0 N–H and O–H groups in total. The molecule has 2 rings (SSSR count). The highest BCUT2D eigenvalue weighted by molar-refractivity contribution is 5.35. The van der Waals surface area contributed by atoms with Crippen molar-refractivity contribution in [3.8, 4) is 11.5 Å². The summed E-state index contributed by atoms with van der Waals surface area (Å²) in [6.07, 6.45) is 3.43. The first-order valence-corrected chi connectivity index (χ1v) is 4.50. The normalized spacial score (nSPS) is 9.79. The van der Waals surface area contributed by atoms with Crippen molar-refractivity contribution in [1.29, 1.82) is 0 Å². The van der Waals surface area contributed by atoms with Crippen LogP contribution in [0.4, 0.5) is 0 Å². The maximum Gasteiger partial charge on any atom is 0.130 e. The zero-order chi connectivity index (χ0) is 9.80. The lowest BCUT2D eigenvalue weighted by molar-refractivity contribution is 0.478. The van der Waals surface area contributed by atoms with Crippen molar-refractivity contribution >= 4 is 0 Å². The average molecular weight is 185 g/mol. The minimum Gasteiger partial charge on any atom is -0.457 e. The van der Waals surface area contributed by atoms with Crippen LogP contribution < -0.4 is 4.74 Å². The van der Waals surface area contributed by atoms with Crippen molar-refractivity contribution in [2.75, 3.05) is 0 Å². The molecule has 2 heteroatoms. The molecule has 0 saturated carbocycles. The fraction of sp³-hybridized carbons (Fsp3) is 0.0833. The Morgan fingerprint density at radius 3 is 2.43 bits per heavy atom. The largest absolute Gasteiger partial charge is 0.457 e. The minimum atomic E-state index is 0.814. The molecule has 0 saturated heterocycles. The van der Waals surface area contributed by atoms with Gasteiger partial charge in [0.1, 0.15) is 11.5 Å². The second-order valence-electron chi connectivity index (χ2n) is 3.05. The second-order valence-corrected chi connectivity index (χ2v) is 3.05. The summed E-state index contributed by atoms with van der Waals surface area (Å²) < 4.78 is 5.67. The Balaban J connectivity index is 2.24. The van der Waals surface area contributed by atoms with Crippen molar-refractivity contribution < 1.29 is 4.74 Å². The van der Waals surface area contributed by atoms with E-state index in [9.17, 15) is 0 Å². The maximum atomic E-state index is 5.67. The maximum absolute atomic E-state index is 5.67. The van der Waals surface area contributed by atoms with Crippen LogP contribution in [0.1, 0.15) is 5.56 Å². The Bertz CT molecular complexity index is 412. The molecule has 0 spiro atoms. The topological polar surface area (TPSA) is 22.1 Å². The number of nitrogens with zero attached hydrogens (tertiary/aromatic N) is 1. The third-order valence-electron chi connectivity index (χ3n) is 1.97. The van der Waals surface area contributed by atoms with Crippen LogP contribution in [-0.4, -0.2) is 4.98 Å². The third-order valence-corrected chi connectivity index (χ3v) is 1.97. The number of para-hydroxylation sites is 1. The quantitative estimate of drug-likeness (QED) is 0.716. The lowest BCUT2D eigenvalue weighted by Crippen LogP contribution is -1.86. The molecule has 14 heavy (non-hydrogen) atoms. The van der Waals surface area contributed by atoms with Crippen molar-refractivity contribution in [3.63, 3.8) is 0 Å². The SMILES string of the molecule is Cc1ccccc1Oc1ccncc1. The number of pyridine rings is 1. The molecule has 0 aliphatic rings. The van der Waals surface area contributed by atoms with Gasteiger partial charge in [0, 0.05) is 12.4 Å². The Morgan fingerprint density at radius 1 is 1.00 bits per heavy atom. The van der Waals surface area contributed by atoms with Crippen molar-refractivity contribution in [1.82, 2.24) is 4.98 Å². The molecule has 0 atom stereocenters. The van der Waals surface area contributed by atoms with E-state index in [0.717, 1.165) is 17.1 Å². The first kappa shape index (κ1) is 8.75. The molecule has 0 aliphatic carbocycles. The van der Waals surface area contributed by atoms with Crippen molar-refractivity contribution in [2.45, 2.75) is 6.92 Å². The smallest absolute Gasteiger partial charge is 0.130 e. The molecule has 0 unspecified atom stereocenters. The molecule has 70 valence electrons. The van der Waals surface area contributed by atoms with E-state index >= 15 is 0 Å². The highest BCUT2D eigenvalue weighted by atomic mass is 16.5. The van der Waals surface area contributed by atoms with Crippen LogP contribution in [0.2, 0.25) is 0 Å². The van der Waals surface area contributed by atoms with E-state index in [4.69, 9.17) is 4.74 Å². The Kier molecular flexibility index (Phi) is 2.45. The number of benzene rings is 1. The van der Waals surface area contributed by atoms with Gasteiger partial charge in [-0.15, -0.1) is 0 Å². The van der Waals surface area contributed by atoms with Gasteiger partial charge in [0.25, 0.3) is 0 Å². The summed E-state index contributed by atoms with van der Waals surface area (Å²) in [4.78, 5) is 3.93. The average Bonchev–Trinajstić information content (AvgIpc) is 2.23. The predicted octanol–water partition coefficient (Wildman–Crippen LogP) is 3.18. The number of aryl methyl sites for hydroxylation is 1. The highest BCUT2D eigenvalue weighted by Crippen LogP contribution is 2.23. The molecule has 1 aromatic carbocycles. The van der Waals surface area contributed by atoms with Crippen molar-refractivity contribution in [2.24, 2.45) is 0 Å². The van der Waals surface area contributed by atoms with E-state index in [1.807, 2.05) is 43.3 Å². The summed E-state index contributed by atoms with van der Waals surface area (Å²) >= 11 is 0. The molecular weight excluding hydrogens is 174 g/mol. The summed E-state index contributed by atoms with van der Waals surface area (Å²) in [5.41, 5.74) is 1.13. The lowest BCUT2D eigenvalue weighted by Gasteiger charge is -2.07. The fourth-order valence-electron chi connectivity index (χ4n) is 1.20. The van der Waals surface area contributed by atoms with Crippen LogP contribution in [0.25, 0.3) is 0 Å². The molecule has 0 aliphatic heterocycles. The number of hydrogen-bond acceptors (Lipinski definition) is 2. The van der Waals surface area contributed by atoms with Crippen LogP contribution in [-0.2, 0) is 0 Å². The number of ether oxygens (including phenoxy) is 1. The summed E-state index contributed by atoms with van der Waals surface area (Å²) in [6.45, 7) is 2.02. The first-order chi connectivity index (χ1) is 6.86. The fourth-order valence-corrected chi connectivity index (χ4v) is 1.20. The summed E-state index contributed by atoms with van der Waals surface area (Å²) in [7, 11) is 0. The number of hydrogen-bond donors (Lipinski definition) is 0. The summed E-state index contributed by atoms with van der Waals surface area (Å²) in [5, 5.41) is 0. The molecule has 0 amide bonds. The van der Waals surface area contributed by atoms with E-state index < -0.39 is 0 Å². The van der Waals surface area contributed by atoms with Gasteiger partial charge in [-0.1, -0.05) is 18.2 Å². The van der Waals surface area contributed by atoms with E-state index in [0.29, 0.717) is 0 Å². The Labute approximate surface area is 83.2 Å². The van der Waals surface area contributed by atoms with Gasteiger partial charge in [0.2, 0.25) is 0 Å². The minimum absolute atomic E-state index is 0.814. The number of aromatic nitrogens is 1.